The van der Waals surface area contributed by atoms with Crippen molar-refractivity contribution >= 4 is 23.4 Å². The van der Waals surface area contributed by atoms with Crippen molar-refractivity contribution in [3.05, 3.63) is 54.1 Å². The predicted octanol–water partition coefficient (Wildman–Crippen LogP) is 0.348. The highest BCUT2D eigenvalue weighted by Gasteiger charge is 2.19. The Hall–Kier alpha value is -3.31. The number of anilines is 1. The lowest BCUT2D eigenvalue weighted by Gasteiger charge is -2.18. The molecular formula is C23H32N6O4. The van der Waals surface area contributed by atoms with Gasteiger partial charge in [-0.25, -0.2) is 5.48 Å². The molecule has 2 rings (SSSR count). The van der Waals surface area contributed by atoms with Gasteiger partial charge in [-0.05, 0) is 56.5 Å². The van der Waals surface area contributed by atoms with Crippen LogP contribution in [0.15, 0.2) is 48.5 Å². The van der Waals surface area contributed by atoms with Gasteiger partial charge in [-0.1, -0.05) is 24.3 Å². The van der Waals surface area contributed by atoms with Crippen LogP contribution in [-0.4, -0.2) is 86.1 Å². The molecule has 0 aromatic heterocycles. The van der Waals surface area contributed by atoms with E-state index in [2.05, 4.69) is 15.5 Å². The molecular weight excluding hydrogens is 424 g/mol. The van der Waals surface area contributed by atoms with E-state index in [4.69, 9.17) is 10.9 Å². The molecule has 6 N–H and O–H groups in total. The maximum absolute atomic E-state index is 12.3. The van der Waals surface area contributed by atoms with E-state index in [0.29, 0.717) is 17.8 Å². The molecule has 178 valence electrons. The molecule has 3 amide bonds. The van der Waals surface area contributed by atoms with Crippen LogP contribution in [-0.2, 0) is 9.59 Å². The Bertz CT molecular complexity index is 931. The minimum atomic E-state index is -1.03. The van der Waals surface area contributed by atoms with Crippen LogP contribution in [0.3, 0.4) is 0 Å². The fraction of sp³-hybridized carbons (Fsp3) is 0.348. The zero-order chi connectivity index (χ0) is 24.4. The Labute approximate surface area is 193 Å². The summed E-state index contributed by atoms with van der Waals surface area (Å²) in [6, 6.07) is 13.2. The fourth-order valence-corrected chi connectivity index (χ4v) is 3.01. The van der Waals surface area contributed by atoms with E-state index in [-0.39, 0.29) is 12.5 Å². The van der Waals surface area contributed by atoms with Crippen molar-refractivity contribution in [2.45, 2.75) is 6.04 Å². The fourth-order valence-electron chi connectivity index (χ4n) is 3.01. The molecule has 0 saturated carbocycles. The number of nitrogens with zero attached hydrogens (tertiary/aromatic N) is 2. The molecule has 10 nitrogen and oxygen atoms in total. The number of amides is 3. The molecule has 1 atom stereocenters. The molecule has 0 aliphatic rings. The minimum absolute atomic E-state index is 0.0787. The Kier molecular flexibility index (Phi) is 9.95. The van der Waals surface area contributed by atoms with Crippen molar-refractivity contribution in [1.29, 1.82) is 0 Å². The van der Waals surface area contributed by atoms with Crippen LogP contribution in [0.1, 0.15) is 10.4 Å². The van der Waals surface area contributed by atoms with Crippen LogP contribution < -0.4 is 21.8 Å². The van der Waals surface area contributed by atoms with Crippen LogP contribution in [0.5, 0.6) is 0 Å². The Morgan fingerprint density at radius 3 is 2.03 bits per heavy atom. The molecule has 10 heteroatoms. The van der Waals surface area contributed by atoms with Crippen molar-refractivity contribution in [2.75, 3.05) is 52.6 Å². The zero-order valence-electron chi connectivity index (χ0n) is 19.2. The molecule has 0 aliphatic carbocycles. The quantitative estimate of drug-likeness (QED) is 0.243. The first-order chi connectivity index (χ1) is 15.7. The SMILES string of the molecule is CN(C)CCN(C)CC(=O)Nc1ccc(-c2ccc(C(=O)N[C@@H](CN)C(=O)NO)cc2)cc1. The normalized spacial score (nSPS) is 11.8. The first kappa shape index (κ1) is 25.9. The van der Waals surface area contributed by atoms with Crippen LogP contribution in [0.25, 0.3) is 11.1 Å². The first-order valence-electron chi connectivity index (χ1n) is 10.5. The van der Waals surface area contributed by atoms with Crippen LogP contribution >= 0.6 is 0 Å². The van der Waals surface area contributed by atoms with Gasteiger partial charge in [0, 0.05) is 30.9 Å². The maximum atomic E-state index is 12.3. The van der Waals surface area contributed by atoms with Crippen molar-refractivity contribution in [3.63, 3.8) is 0 Å². The van der Waals surface area contributed by atoms with E-state index >= 15 is 0 Å². The summed E-state index contributed by atoms with van der Waals surface area (Å²) in [6.07, 6.45) is 0. The van der Waals surface area contributed by atoms with Gasteiger partial charge in [0.2, 0.25) is 5.91 Å². The maximum Gasteiger partial charge on any atom is 0.267 e. The standard InChI is InChI=1S/C23H32N6O4/c1-28(2)12-13-29(3)15-21(30)25-19-10-8-17(9-11-19)16-4-6-18(7-5-16)22(31)26-20(14-24)23(32)27-33/h4-11,20,33H,12-15,24H2,1-3H3,(H,25,30)(H,26,31)(H,27,32)/t20-/m0/s1. The monoisotopic (exact) mass is 456 g/mol. The molecule has 0 saturated heterocycles. The number of likely N-dealkylation sites (N-methyl/N-ethyl adjacent to an activating group) is 2. The number of carbonyl (C=O) groups is 3. The average Bonchev–Trinajstić information content (AvgIpc) is 2.81. The third-order valence-corrected chi connectivity index (χ3v) is 4.96. The van der Waals surface area contributed by atoms with Gasteiger partial charge in [-0.3, -0.25) is 24.5 Å². The Morgan fingerprint density at radius 2 is 1.52 bits per heavy atom. The summed E-state index contributed by atoms with van der Waals surface area (Å²) in [5.74, 6) is -1.34. The van der Waals surface area contributed by atoms with E-state index in [9.17, 15) is 14.4 Å². The summed E-state index contributed by atoms with van der Waals surface area (Å²) in [5.41, 5.74) is 9.78. The molecule has 0 heterocycles. The number of rotatable bonds is 11. The highest BCUT2D eigenvalue weighted by Crippen LogP contribution is 2.22. The van der Waals surface area contributed by atoms with E-state index in [0.717, 1.165) is 24.2 Å². The van der Waals surface area contributed by atoms with Crippen molar-refractivity contribution in [3.8, 4) is 11.1 Å². The lowest BCUT2D eigenvalue weighted by Crippen LogP contribution is -2.50. The summed E-state index contributed by atoms with van der Waals surface area (Å²) in [6.45, 7) is 1.84. The summed E-state index contributed by atoms with van der Waals surface area (Å²) >= 11 is 0. The smallest absolute Gasteiger partial charge is 0.267 e. The molecule has 0 radical (unpaired) electrons. The molecule has 0 bridgehead atoms. The lowest BCUT2D eigenvalue weighted by molar-refractivity contribution is -0.130. The van der Waals surface area contributed by atoms with E-state index in [1.54, 1.807) is 24.3 Å². The topological polar surface area (TPSA) is 140 Å². The number of hydrogen-bond donors (Lipinski definition) is 5. The molecule has 2 aromatic carbocycles. The van der Waals surface area contributed by atoms with Crippen molar-refractivity contribution < 1.29 is 19.6 Å². The van der Waals surface area contributed by atoms with E-state index in [1.165, 1.54) is 5.48 Å². The van der Waals surface area contributed by atoms with Gasteiger partial charge in [0.25, 0.3) is 11.8 Å². The average molecular weight is 457 g/mol. The molecule has 0 spiro atoms. The molecule has 0 aliphatic heterocycles. The third-order valence-electron chi connectivity index (χ3n) is 4.96. The third kappa shape index (κ3) is 8.28. The molecule has 0 fully saturated rings. The summed E-state index contributed by atoms with van der Waals surface area (Å²) in [7, 11) is 5.90. The summed E-state index contributed by atoms with van der Waals surface area (Å²) in [5, 5.41) is 14.1. The van der Waals surface area contributed by atoms with E-state index in [1.807, 2.05) is 50.3 Å². The molecule has 0 unspecified atom stereocenters. The summed E-state index contributed by atoms with van der Waals surface area (Å²) < 4.78 is 0. The largest absolute Gasteiger partial charge is 0.339 e. The summed E-state index contributed by atoms with van der Waals surface area (Å²) in [4.78, 5) is 40.0. The second-order valence-corrected chi connectivity index (χ2v) is 7.98. The minimum Gasteiger partial charge on any atom is -0.339 e. The molecule has 2 aromatic rings. The second kappa shape index (κ2) is 12.7. The Balaban J connectivity index is 1.94. The van der Waals surface area contributed by atoms with Gasteiger partial charge < -0.3 is 21.3 Å². The Morgan fingerprint density at radius 1 is 0.939 bits per heavy atom. The number of hydrogen-bond acceptors (Lipinski definition) is 7. The van der Waals surface area contributed by atoms with Gasteiger partial charge in [0.05, 0.1) is 6.54 Å². The number of carbonyl (C=O) groups excluding carboxylic acids is 3. The van der Waals surface area contributed by atoms with Gasteiger partial charge in [0.15, 0.2) is 0 Å². The highest BCUT2D eigenvalue weighted by molar-refractivity contribution is 5.98. The van der Waals surface area contributed by atoms with Crippen LogP contribution in [0, 0.1) is 0 Å². The van der Waals surface area contributed by atoms with Gasteiger partial charge in [-0.15, -0.1) is 0 Å². The van der Waals surface area contributed by atoms with Crippen molar-refractivity contribution in [1.82, 2.24) is 20.6 Å². The van der Waals surface area contributed by atoms with Crippen LogP contribution in [0.4, 0.5) is 5.69 Å². The second-order valence-electron chi connectivity index (χ2n) is 7.98. The van der Waals surface area contributed by atoms with Gasteiger partial charge >= 0.3 is 0 Å². The van der Waals surface area contributed by atoms with E-state index < -0.39 is 17.9 Å². The molecule has 33 heavy (non-hydrogen) atoms. The first-order valence-corrected chi connectivity index (χ1v) is 10.5. The number of benzene rings is 2. The number of nitrogens with one attached hydrogen (secondary N) is 3. The zero-order valence-corrected chi connectivity index (χ0v) is 19.2. The van der Waals surface area contributed by atoms with Crippen molar-refractivity contribution in [2.24, 2.45) is 5.73 Å². The van der Waals surface area contributed by atoms with Gasteiger partial charge in [-0.2, -0.15) is 0 Å². The van der Waals surface area contributed by atoms with Gasteiger partial charge in [0.1, 0.15) is 6.04 Å². The number of hydroxylamine groups is 1. The van der Waals surface area contributed by atoms with Crippen LogP contribution in [0.2, 0.25) is 0 Å². The lowest BCUT2D eigenvalue weighted by atomic mass is 10.0. The predicted molar refractivity (Wildman–Crippen MR) is 127 cm³/mol. The number of nitrogens with two attached hydrogens (primary N) is 1. The highest BCUT2D eigenvalue weighted by atomic mass is 16.5.